The minimum Gasteiger partial charge on any atom is -0.455 e. The van der Waals surface area contributed by atoms with E-state index in [2.05, 4.69) is 23.5 Å². The molecule has 0 aromatic heterocycles. The highest BCUT2D eigenvalue weighted by Gasteiger charge is 2.25. The van der Waals surface area contributed by atoms with Gasteiger partial charge in [-0.05, 0) is 73.1 Å². The number of hydrogen-bond acceptors (Lipinski definition) is 4. The third-order valence-electron chi connectivity index (χ3n) is 6.31. The van der Waals surface area contributed by atoms with Crippen LogP contribution in [0.5, 0.6) is 11.5 Å². The lowest BCUT2D eigenvalue weighted by Gasteiger charge is -2.26. The Bertz CT molecular complexity index is 1280. The monoisotopic (exact) mass is 492 g/mol. The highest BCUT2D eigenvalue weighted by atomic mass is 32.2. The molecule has 0 bridgehead atoms. The number of para-hydroxylation sites is 3. The summed E-state index contributed by atoms with van der Waals surface area (Å²) in [5.41, 5.74) is 4.11. The van der Waals surface area contributed by atoms with Gasteiger partial charge in [-0.2, -0.15) is 0 Å². The molecular weight excluding hydrogens is 460 g/mol. The molecule has 1 atom stereocenters. The van der Waals surface area contributed by atoms with Crippen molar-refractivity contribution in [3.05, 3.63) is 89.5 Å². The van der Waals surface area contributed by atoms with Crippen LogP contribution < -0.4 is 14.4 Å². The average Bonchev–Trinajstić information content (AvgIpc) is 2.86. The number of sulfonamides is 1. The first-order valence-corrected chi connectivity index (χ1v) is 13.9. The van der Waals surface area contributed by atoms with Gasteiger partial charge in [0.25, 0.3) is 0 Å². The van der Waals surface area contributed by atoms with E-state index in [-0.39, 0.29) is 18.5 Å². The van der Waals surface area contributed by atoms with Gasteiger partial charge >= 0.3 is 0 Å². The Balaban J connectivity index is 1.54. The fourth-order valence-electron chi connectivity index (χ4n) is 4.51. The molecule has 6 nitrogen and oxygen atoms in total. The van der Waals surface area contributed by atoms with Gasteiger partial charge in [0.15, 0.2) is 5.75 Å². The van der Waals surface area contributed by atoms with E-state index in [1.54, 1.807) is 36.4 Å². The predicted octanol–water partition coefficient (Wildman–Crippen LogP) is 5.39. The summed E-state index contributed by atoms with van der Waals surface area (Å²) in [4.78, 5) is 13.1. The second-order valence-corrected chi connectivity index (χ2v) is 10.8. The minimum atomic E-state index is -3.75. The Kier molecular flexibility index (Phi) is 7.76. The largest absolute Gasteiger partial charge is 0.455 e. The third-order valence-corrected chi connectivity index (χ3v) is 7.44. The first kappa shape index (κ1) is 24.8. The van der Waals surface area contributed by atoms with Gasteiger partial charge in [-0.15, -0.1) is 0 Å². The molecule has 1 N–H and O–H groups in total. The number of fused-ring (bicyclic) bond motifs is 1. The molecule has 4 rings (SSSR count). The number of aryl methyl sites for hydroxylation is 2. The number of ether oxygens (including phenoxy) is 1. The second kappa shape index (κ2) is 11.0. The molecular formula is C28H32N2O4S. The van der Waals surface area contributed by atoms with Crippen molar-refractivity contribution in [2.75, 3.05) is 17.1 Å². The molecule has 1 aliphatic carbocycles. The summed E-state index contributed by atoms with van der Waals surface area (Å²) < 4.78 is 32.5. The van der Waals surface area contributed by atoms with Gasteiger partial charge in [-0.25, -0.2) is 8.42 Å². The SMILES string of the molecule is CC[C@H](NC(=O)CN(c1ccccc1Oc1ccccc1)S(C)(=O)=O)c1ccc2c(c1)CCCC2. The number of carbonyl (C=O) groups is 1. The normalized spacial score (nSPS) is 14.0. The number of carbonyl (C=O) groups excluding carboxylic acids is 1. The van der Waals surface area contributed by atoms with Crippen molar-refractivity contribution in [1.29, 1.82) is 0 Å². The minimum absolute atomic E-state index is 0.188. The van der Waals surface area contributed by atoms with E-state index in [4.69, 9.17) is 4.74 Å². The van der Waals surface area contributed by atoms with Gasteiger partial charge in [0.05, 0.1) is 18.0 Å². The third kappa shape index (κ3) is 6.22. The van der Waals surface area contributed by atoms with Crippen molar-refractivity contribution in [3.63, 3.8) is 0 Å². The van der Waals surface area contributed by atoms with Gasteiger partial charge in [0.2, 0.25) is 15.9 Å². The van der Waals surface area contributed by atoms with Crippen LogP contribution in [0, 0.1) is 0 Å². The molecule has 7 heteroatoms. The van der Waals surface area contributed by atoms with E-state index < -0.39 is 10.0 Å². The fourth-order valence-corrected chi connectivity index (χ4v) is 5.37. The lowest BCUT2D eigenvalue weighted by atomic mass is 9.89. The van der Waals surface area contributed by atoms with Crippen molar-refractivity contribution < 1.29 is 17.9 Å². The average molecular weight is 493 g/mol. The Morgan fingerprint density at radius 1 is 0.971 bits per heavy atom. The van der Waals surface area contributed by atoms with Gasteiger partial charge in [0, 0.05) is 0 Å². The van der Waals surface area contributed by atoms with Crippen LogP contribution in [0.1, 0.15) is 48.9 Å². The number of amides is 1. The molecule has 0 aliphatic heterocycles. The maximum atomic E-state index is 13.1. The molecule has 3 aromatic rings. The summed E-state index contributed by atoms with van der Waals surface area (Å²) in [6, 6.07) is 22.2. The Labute approximate surface area is 208 Å². The lowest BCUT2D eigenvalue weighted by Crippen LogP contribution is -2.41. The quantitative estimate of drug-likeness (QED) is 0.434. The van der Waals surface area contributed by atoms with Crippen molar-refractivity contribution in [1.82, 2.24) is 5.32 Å². The molecule has 1 amide bonds. The van der Waals surface area contributed by atoms with Crippen LogP contribution >= 0.6 is 0 Å². The maximum absolute atomic E-state index is 13.1. The second-order valence-electron chi connectivity index (χ2n) is 8.92. The molecule has 0 fully saturated rings. The van der Waals surface area contributed by atoms with Gasteiger partial charge < -0.3 is 10.1 Å². The van der Waals surface area contributed by atoms with Crippen LogP contribution in [0.2, 0.25) is 0 Å². The molecule has 0 unspecified atom stereocenters. The molecule has 184 valence electrons. The lowest BCUT2D eigenvalue weighted by molar-refractivity contribution is -0.120. The number of nitrogens with zero attached hydrogens (tertiary/aromatic N) is 1. The zero-order valence-electron chi connectivity index (χ0n) is 20.2. The number of anilines is 1. The summed E-state index contributed by atoms with van der Waals surface area (Å²) in [5, 5.41) is 3.05. The Morgan fingerprint density at radius 3 is 2.37 bits per heavy atom. The Hall–Kier alpha value is -3.32. The van der Waals surface area contributed by atoms with Crippen LogP contribution in [0.25, 0.3) is 0 Å². The van der Waals surface area contributed by atoms with Crippen molar-refractivity contribution in [2.24, 2.45) is 0 Å². The van der Waals surface area contributed by atoms with E-state index in [1.807, 2.05) is 25.1 Å². The molecule has 0 saturated carbocycles. The predicted molar refractivity (Wildman–Crippen MR) is 139 cm³/mol. The zero-order chi connectivity index (χ0) is 24.8. The van der Waals surface area contributed by atoms with Crippen molar-refractivity contribution in [2.45, 2.75) is 45.1 Å². The van der Waals surface area contributed by atoms with Crippen molar-refractivity contribution in [3.8, 4) is 11.5 Å². The summed E-state index contributed by atoms with van der Waals surface area (Å²) in [6.45, 7) is 1.68. The van der Waals surface area contributed by atoms with Crippen LogP contribution in [-0.2, 0) is 27.7 Å². The smallest absolute Gasteiger partial charge is 0.241 e. The van der Waals surface area contributed by atoms with E-state index in [0.717, 1.165) is 29.0 Å². The zero-order valence-corrected chi connectivity index (χ0v) is 21.1. The number of nitrogens with one attached hydrogen (secondary N) is 1. The van der Waals surface area contributed by atoms with Gasteiger partial charge in [-0.1, -0.05) is 55.5 Å². The van der Waals surface area contributed by atoms with E-state index in [0.29, 0.717) is 23.6 Å². The van der Waals surface area contributed by atoms with E-state index in [1.165, 1.54) is 24.0 Å². The van der Waals surface area contributed by atoms with E-state index >= 15 is 0 Å². The number of rotatable bonds is 9. The van der Waals surface area contributed by atoms with Crippen molar-refractivity contribution >= 4 is 21.6 Å². The van der Waals surface area contributed by atoms with Crippen LogP contribution in [0.4, 0.5) is 5.69 Å². The number of hydrogen-bond donors (Lipinski definition) is 1. The summed E-state index contributed by atoms with van der Waals surface area (Å²) in [5.74, 6) is 0.574. The van der Waals surface area contributed by atoms with Crippen LogP contribution in [-0.4, -0.2) is 27.1 Å². The van der Waals surface area contributed by atoms with Crippen LogP contribution in [0.3, 0.4) is 0 Å². The molecule has 1 aliphatic rings. The molecule has 0 spiro atoms. The fraction of sp³-hybridized carbons (Fsp3) is 0.321. The molecule has 3 aromatic carbocycles. The van der Waals surface area contributed by atoms with Gasteiger partial charge in [0.1, 0.15) is 12.3 Å². The Morgan fingerprint density at radius 2 is 1.66 bits per heavy atom. The molecule has 35 heavy (non-hydrogen) atoms. The maximum Gasteiger partial charge on any atom is 0.241 e. The van der Waals surface area contributed by atoms with Gasteiger partial charge in [-0.3, -0.25) is 9.10 Å². The summed E-state index contributed by atoms with van der Waals surface area (Å²) >= 11 is 0. The van der Waals surface area contributed by atoms with E-state index in [9.17, 15) is 13.2 Å². The standard InChI is InChI=1S/C28H32N2O4S/c1-3-25(23-18-17-21-11-7-8-12-22(21)19-23)29-28(31)20-30(35(2,32)33)26-15-9-10-16-27(26)34-24-13-5-4-6-14-24/h4-6,9-10,13-19,25H,3,7-8,11-12,20H2,1-2H3,(H,29,31)/t25-/m0/s1. The highest BCUT2D eigenvalue weighted by molar-refractivity contribution is 7.92. The number of benzene rings is 3. The first-order valence-electron chi connectivity index (χ1n) is 12.1. The van der Waals surface area contributed by atoms with Crippen LogP contribution in [0.15, 0.2) is 72.8 Å². The molecule has 0 saturated heterocycles. The first-order chi connectivity index (χ1) is 16.8. The summed E-state index contributed by atoms with van der Waals surface area (Å²) in [6.07, 6.45) is 6.38. The highest BCUT2D eigenvalue weighted by Crippen LogP contribution is 2.33. The topological polar surface area (TPSA) is 75.7 Å². The molecule has 0 heterocycles. The molecule has 0 radical (unpaired) electrons. The summed E-state index contributed by atoms with van der Waals surface area (Å²) in [7, 11) is -3.75.